The van der Waals surface area contributed by atoms with Gasteiger partial charge in [0, 0.05) is 42.6 Å². The summed E-state index contributed by atoms with van der Waals surface area (Å²) >= 11 is 7.65. The smallest absolute Gasteiger partial charge is 0.232 e. The third-order valence-electron chi connectivity index (χ3n) is 4.38. The molecule has 0 radical (unpaired) electrons. The van der Waals surface area contributed by atoms with Crippen molar-refractivity contribution in [3.05, 3.63) is 64.7 Å². The molecule has 1 aliphatic heterocycles. The Morgan fingerprint density at radius 2 is 1.84 bits per heavy atom. The number of rotatable bonds is 5. The van der Waals surface area contributed by atoms with Gasteiger partial charge in [-0.05, 0) is 42.3 Å². The number of benzene rings is 2. The fraction of sp³-hybridized carbons (Fsp3) is 0.350. The SMILES string of the molecule is Cc1cccc(N2CCN(C(=O)CSCc3cccc(Cl)c3)CC2)c1. The van der Waals surface area contributed by atoms with Crippen LogP contribution in [0.3, 0.4) is 0 Å². The van der Waals surface area contributed by atoms with E-state index in [1.807, 2.05) is 29.2 Å². The Balaban J connectivity index is 1.44. The number of aryl methyl sites for hydroxylation is 1. The van der Waals surface area contributed by atoms with Crippen molar-refractivity contribution in [2.45, 2.75) is 12.7 Å². The number of hydrogen-bond acceptors (Lipinski definition) is 3. The summed E-state index contributed by atoms with van der Waals surface area (Å²) in [5, 5.41) is 0.747. The lowest BCUT2D eigenvalue weighted by Gasteiger charge is -2.36. The summed E-state index contributed by atoms with van der Waals surface area (Å²) in [6.45, 7) is 5.50. The van der Waals surface area contributed by atoms with E-state index in [1.54, 1.807) is 11.8 Å². The van der Waals surface area contributed by atoms with Gasteiger partial charge in [-0.25, -0.2) is 0 Å². The maximum Gasteiger partial charge on any atom is 0.232 e. The number of piperazine rings is 1. The first-order chi connectivity index (χ1) is 12.1. The van der Waals surface area contributed by atoms with Gasteiger partial charge >= 0.3 is 0 Å². The highest BCUT2D eigenvalue weighted by atomic mass is 35.5. The van der Waals surface area contributed by atoms with Crippen LogP contribution in [0.1, 0.15) is 11.1 Å². The van der Waals surface area contributed by atoms with Gasteiger partial charge in [0.05, 0.1) is 5.75 Å². The van der Waals surface area contributed by atoms with E-state index in [-0.39, 0.29) is 5.91 Å². The van der Waals surface area contributed by atoms with E-state index in [9.17, 15) is 4.79 Å². The van der Waals surface area contributed by atoms with E-state index < -0.39 is 0 Å². The van der Waals surface area contributed by atoms with E-state index in [1.165, 1.54) is 11.3 Å². The van der Waals surface area contributed by atoms with Crippen LogP contribution in [0.5, 0.6) is 0 Å². The van der Waals surface area contributed by atoms with Crippen molar-refractivity contribution >= 4 is 35.0 Å². The molecule has 1 saturated heterocycles. The largest absolute Gasteiger partial charge is 0.368 e. The number of amides is 1. The van der Waals surface area contributed by atoms with Crippen molar-refractivity contribution in [1.29, 1.82) is 0 Å². The van der Waals surface area contributed by atoms with E-state index >= 15 is 0 Å². The summed E-state index contributed by atoms with van der Waals surface area (Å²) in [7, 11) is 0. The highest BCUT2D eigenvalue weighted by molar-refractivity contribution is 7.99. The number of hydrogen-bond donors (Lipinski definition) is 0. The Morgan fingerprint density at radius 1 is 1.08 bits per heavy atom. The van der Waals surface area contributed by atoms with Gasteiger partial charge in [-0.2, -0.15) is 0 Å². The average Bonchev–Trinajstić information content (AvgIpc) is 2.62. The Hall–Kier alpha value is -1.65. The predicted molar refractivity (Wildman–Crippen MR) is 108 cm³/mol. The van der Waals surface area contributed by atoms with Crippen molar-refractivity contribution in [1.82, 2.24) is 4.90 Å². The molecule has 0 spiro atoms. The van der Waals surface area contributed by atoms with Gasteiger partial charge in [0.25, 0.3) is 0 Å². The molecule has 0 aromatic heterocycles. The van der Waals surface area contributed by atoms with E-state index in [2.05, 4.69) is 36.1 Å². The van der Waals surface area contributed by atoms with Crippen molar-refractivity contribution in [2.75, 3.05) is 36.8 Å². The van der Waals surface area contributed by atoms with E-state index in [0.717, 1.165) is 42.5 Å². The fourth-order valence-corrected chi connectivity index (χ4v) is 4.10. The van der Waals surface area contributed by atoms with Crippen molar-refractivity contribution in [3.8, 4) is 0 Å². The summed E-state index contributed by atoms with van der Waals surface area (Å²) in [5.41, 5.74) is 3.69. The number of carbonyl (C=O) groups is 1. The molecule has 1 amide bonds. The zero-order valence-corrected chi connectivity index (χ0v) is 16.0. The minimum absolute atomic E-state index is 0.232. The summed E-state index contributed by atoms with van der Waals surface area (Å²) in [4.78, 5) is 16.8. The number of nitrogens with zero attached hydrogens (tertiary/aromatic N) is 2. The molecule has 1 fully saturated rings. The molecule has 5 heteroatoms. The molecule has 0 atom stereocenters. The lowest BCUT2D eigenvalue weighted by Crippen LogP contribution is -2.49. The average molecular weight is 375 g/mol. The van der Waals surface area contributed by atoms with Crippen LogP contribution in [0.4, 0.5) is 5.69 Å². The van der Waals surface area contributed by atoms with Crippen LogP contribution in [-0.4, -0.2) is 42.7 Å². The molecule has 3 rings (SSSR count). The van der Waals surface area contributed by atoms with Crippen molar-refractivity contribution in [3.63, 3.8) is 0 Å². The Bertz CT molecular complexity index is 729. The molecule has 0 bridgehead atoms. The van der Waals surface area contributed by atoms with Crippen LogP contribution in [-0.2, 0) is 10.5 Å². The lowest BCUT2D eigenvalue weighted by molar-refractivity contribution is -0.128. The fourth-order valence-electron chi connectivity index (χ4n) is 3.01. The van der Waals surface area contributed by atoms with Crippen molar-refractivity contribution < 1.29 is 4.79 Å². The van der Waals surface area contributed by atoms with Gasteiger partial charge in [0.1, 0.15) is 0 Å². The van der Waals surface area contributed by atoms with Crippen LogP contribution < -0.4 is 4.90 Å². The maximum absolute atomic E-state index is 12.4. The van der Waals surface area contributed by atoms with E-state index in [4.69, 9.17) is 11.6 Å². The topological polar surface area (TPSA) is 23.6 Å². The van der Waals surface area contributed by atoms with Gasteiger partial charge in [-0.1, -0.05) is 35.9 Å². The van der Waals surface area contributed by atoms with Crippen LogP contribution in [0.15, 0.2) is 48.5 Å². The standard InChI is InChI=1S/C20H23ClN2OS/c1-16-4-2-7-19(12-16)22-8-10-23(11-9-22)20(24)15-25-14-17-5-3-6-18(21)13-17/h2-7,12-13H,8-11,14-15H2,1H3. The molecule has 132 valence electrons. The first-order valence-electron chi connectivity index (χ1n) is 8.53. The van der Waals surface area contributed by atoms with Crippen molar-refractivity contribution in [2.24, 2.45) is 0 Å². The minimum atomic E-state index is 0.232. The second kappa shape index (κ2) is 8.63. The first-order valence-corrected chi connectivity index (χ1v) is 10.1. The quantitative estimate of drug-likeness (QED) is 0.782. The number of carbonyl (C=O) groups excluding carboxylic acids is 1. The molecule has 25 heavy (non-hydrogen) atoms. The van der Waals surface area contributed by atoms with Gasteiger partial charge in [-0.15, -0.1) is 11.8 Å². The lowest BCUT2D eigenvalue weighted by atomic mass is 10.2. The maximum atomic E-state index is 12.4. The Kier molecular flexibility index (Phi) is 6.27. The molecule has 0 unspecified atom stereocenters. The van der Waals surface area contributed by atoms with Gasteiger partial charge in [0.15, 0.2) is 0 Å². The minimum Gasteiger partial charge on any atom is -0.368 e. The molecular formula is C20H23ClN2OS. The Morgan fingerprint density at radius 3 is 2.56 bits per heavy atom. The van der Waals surface area contributed by atoms with Gasteiger partial charge in [-0.3, -0.25) is 4.79 Å². The third kappa shape index (κ3) is 5.16. The second-order valence-corrected chi connectivity index (χ2v) is 7.75. The molecule has 1 heterocycles. The molecule has 0 aliphatic carbocycles. The highest BCUT2D eigenvalue weighted by Crippen LogP contribution is 2.19. The molecule has 1 aliphatic rings. The van der Waals surface area contributed by atoms with Crippen LogP contribution in [0.25, 0.3) is 0 Å². The van der Waals surface area contributed by atoms with Gasteiger partial charge < -0.3 is 9.80 Å². The highest BCUT2D eigenvalue weighted by Gasteiger charge is 2.21. The third-order valence-corrected chi connectivity index (χ3v) is 5.61. The first kappa shape index (κ1) is 18.2. The molecule has 0 saturated carbocycles. The molecule has 2 aromatic rings. The van der Waals surface area contributed by atoms with Crippen LogP contribution >= 0.6 is 23.4 Å². The molecule has 2 aromatic carbocycles. The monoisotopic (exact) mass is 374 g/mol. The summed E-state index contributed by atoms with van der Waals surface area (Å²) in [5.74, 6) is 1.57. The second-order valence-electron chi connectivity index (χ2n) is 6.33. The predicted octanol–water partition coefficient (Wildman–Crippen LogP) is 4.23. The normalized spacial score (nSPS) is 14.6. The summed E-state index contributed by atoms with van der Waals surface area (Å²) < 4.78 is 0. The zero-order valence-electron chi connectivity index (χ0n) is 14.5. The zero-order chi connectivity index (χ0) is 17.6. The number of anilines is 1. The van der Waals surface area contributed by atoms with E-state index in [0.29, 0.717) is 5.75 Å². The number of thioether (sulfide) groups is 1. The molecular weight excluding hydrogens is 352 g/mol. The molecule has 3 nitrogen and oxygen atoms in total. The van der Waals surface area contributed by atoms with Gasteiger partial charge in [0.2, 0.25) is 5.91 Å². The Labute approximate surface area is 159 Å². The number of halogens is 1. The van der Waals surface area contributed by atoms with Crippen LogP contribution in [0.2, 0.25) is 5.02 Å². The summed E-state index contributed by atoms with van der Waals surface area (Å²) in [6.07, 6.45) is 0. The molecule has 0 N–H and O–H groups in total. The van der Waals surface area contributed by atoms with Crippen LogP contribution in [0, 0.1) is 6.92 Å². The summed E-state index contributed by atoms with van der Waals surface area (Å²) in [6, 6.07) is 16.4.